The number of hydrogen-bond donors (Lipinski definition) is 2. The lowest BCUT2D eigenvalue weighted by atomic mass is 10.2. The largest absolute Gasteiger partial charge is 0.480 e. The van der Waals surface area contributed by atoms with Crippen LogP contribution in [0.3, 0.4) is 0 Å². The lowest BCUT2D eigenvalue weighted by molar-refractivity contribution is -0.144. The van der Waals surface area contributed by atoms with Crippen LogP contribution in [0.1, 0.15) is 0 Å². The molecular formula is C7H16Cl2N2O3. The van der Waals surface area contributed by atoms with Crippen molar-refractivity contribution in [3.63, 3.8) is 0 Å². The first-order valence-electron chi connectivity index (χ1n) is 4.00. The van der Waals surface area contributed by atoms with Crippen LogP contribution in [0.4, 0.5) is 0 Å². The van der Waals surface area contributed by atoms with Crippen LogP contribution in [0.5, 0.6) is 0 Å². The highest BCUT2D eigenvalue weighted by Gasteiger charge is 2.25. The molecule has 86 valence electrons. The average Bonchev–Trinajstić information content (AvgIpc) is 2.07. The molecule has 5 nitrogen and oxygen atoms in total. The molecule has 0 aromatic carbocycles. The molecule has 0 aliphatic carbocycles. The summed E-state index contributed by atoms with van der Waals surface area (Å²) in [6.07, 6.45) is 0. The van der Waals surface area contributed by atoms with Crippen molar-refractivity contribution in [3.8, 4) is 0 Å². The van der Waals surface area contributed by atoms with Crippen LogP contribution in [-0.2, 0) is 9.53 Å². The Bertz CT molecular complexity index is 165. The highest BCUT2D eigenvalue weighted by atomic mass is 35.5. The first-order valence-corrected chi connectivity index (χ1v) is 4.00. The second-order valence-corrected chi connectivity index (χ2v) is 2.74. The number of nitrogens with two attached hydrogens (primary N) is 1. The van der Waals surface area contributed by atoms with E-state index in [4.69, 9.17) is 15.6 Å². The standard InChI is InChI=1S/C7H14N2O3.2ClH/c8-5-6(7(10)11)9-1-3-12-4-2-9;;/h6H,1-5,8H2,(H,10,11);2*1H. The summed E-state index contributed by atoms with van der Waals surface area (Å²) in [6.45, 7) is 2.69. The van der Waals surface area contributed by atoms with E-state index in [9.17, 15) is 4.79 Å². The molecule has 0 bridgehead atoms. The second kappa shape index (κ2) is 8.26. The summed E-state index contributed by atoms with van der Waals surface area (Å²) in [5.74, 6) is -0.848. The Morgan fingerprint density at radius 1 is 1.43 bits per heavy atom. The van der Waals surface area contributed by atoms with Gasteiger partial charge in [0.15, 0.2) is 0 Å². The van der Waals surface area contributed by atoms with Crippen LogP contribution in [0.15, 0.2) is 0 Å². The van der Waals surface area contributed by atoms with Crippen molar-refractivity contribution in [3.05, 3.63) is 0 Å². The molecule has 1 atom stereocenters. The Hall–Kier alpha value is -0.0700. The number of rotatable bonds is 3. The maximum absolute atomic E-state index is 10.7. The summed E-state index contributed by atoms with van der Waals surface area (Å²) >= 11 is 0. The monoisotopic (exact) mass is 246 g/mol. The molecule has 0 saturated carbocycles. The fourth-order valence-corrected chi connectivity index (χ4v) is 1.30. The number of carboxylic acids is 1. The Morgan fingerprint density at radius 3 is 2.29 bits per heavy atom. The van der Waals surface area contributed by atoms with Crippen molar-refractivity contribution >= 4 is 30.8 Å². The van der Waals surface area contributed by atoms with Gasteiger partial charge in [0.25, 0.3) is 0 Å². The van der Waals surface area contributed by atoms with Gasteiger partial charge in [-0.2, -0.15) is 0 Å². The summed E-state index contributed by atoms with van der Waals surface area (Å²) in [5, 5.41) is 8.76. The predicted molar refractivity (Wildman–Crippen MR) is 57.4 cm³/mol. The molecule has 1 aliphatic heterocycles. The third kappa shape index (κ3) is 4.43. The average molecular weight is 247 g/mol. The molecule has 1 aliphatic rings. The Kier molecular flexibility index (Phi) is 9.65. The van der Waals surface area contributed by atoms with Gasteiger partial charge in [-0.05, 0) is 0 Å². The molecule has 0 aromatic heterocycles. The van der Waals surface area contributed by atoms with Crippen LogP contribution in [0.2, 0.25) is 0 Å². The van der Waals surface area contributed by atoms with E-state index in [1.165, 1.54) is 0 Å². The maximum atomic E-state index is 10.7. The highest BCUT2D eigenvalue weighted by Crippen LogP contribution is 2.02. The van der Waals surface area contributed by atoms with E-state index in [1.807, 2.05) is 4.90 Å². The van der Waals surface area contributed by atoms with Gasteiger partial charge < -0.3 is 15.6 Å². The number of hydrogen-bond acceptors (Lipinski definition) is 4. The van der Waals surface area contributed by atoms with E-state index >= 15 is 0 Å². The van der Waals surface area contributed by atoms with Gasteiger partial charge in [-0.25, -0.2) is 0 Å². The van der Waals surface area contributed by atoms with E-state index in [-0.39, 0.29) is 31.4 Å². The van der Waals surface area contributed by atoms with Crippen LogP contribution >= 0.6 is 24.8 Å². The number of halogens is 2. The minimum absolute atomic E-state index is 0. The van der Waals surface area contributed by atoms with E-state index < -0.39 is 12.0 Å². The minimum atomic E-state index is -0.848. The number of morpholine rings is 1. The van der Waals surface area contributed by atoms with Crippen molar-refractivity contribution in [1.82, 2.24) is 4.90 Å². The molecule has 1 heterocycles. The molecule has 0 radical (unpaired) electrons. The van der Waals surface area contributed by atoms with Gasteiger partial charge in [0.1, 0.15) is 6.04 Å². The van der Waals surface area contributed by atoms with Gasteiger partial charge >= 0.3 is 5.97 Å². The fraction of sp³-hybridized carbons (Fsp3) is 0.857. The van der Waals surface area contributed by atoms with Crippen molar-refractivity contribution in [1.29, 1.82) is 0 Å². The number of carbonyl (C=O) groups is 1. The van der Waals surface area contributed by atoms with E-state index in [1.54, 1.807) is 0 Å². The Labute approximate surface area is 95.4 Å². The second-order valence-electron chi connectivity index (χ2n) is 2.74. The maximum Gasteiger partial charge on any atom is 0.322 e. The van der Waals surface area contributed by atoms with E-state index in [0.717, 1.165) is 0 Å². The third-order valence-corrected chi connectivity index (χ3v) is 1.99. The first-order chi connectivity index (χ1) is 5.75. The number of ether oxygens (including phenoxy) is 1. The number of aliphatic carboxylic acids is 1. The number of carboxylic acid groups (broad SMARTS) is 1. The van der Waals surface area contributed by atoms with Gasteiger partial charge in [-0.3, -0.25) is 9.69 Å². The summed E-state index contributed by atoms with van der Waals surface area (Å²) in [4.78, 5) is 12.5. The van der Waals surface area contributed by atoms with Crippen LogP contribution in [-0.4, -0.2) is 54.9 Å². The molecular weight excluding hydrogens is 231 g/mol. The smallest absolute Gasteiger partial charge is 0.322 e. The zero-order valence-electron chi connectivity index (χ0n) is 7.72. The predicted octanol–water partition coefficient (Wildman–Crippen LogP) is -0.426. The molecule has 0 spiro atoms. The third-order valence-electron chi connectivity index (χ3n) is 1.99. The normalized spacial score (nSPS) is 18.9. The minimum Gasteiger partial charge on any atom is -0.480 e. The lowest BCUT2D eigenvalue weighted by Gasteiger charge is -2.30. The first kappa shape index (κ1) is 16.4. The zero-order chi connectivity index (χ0) is 8.97. The molecule has 1 unspecified atom stereocenters. The Balaban J connectivity index is 0. The number of nitrogens with zero attached hydrogens (tertiary/aromatic N) is 1. The summed E-state index contributed by atoms with van der Waals surface area (Å²) in [7, 11) is 0. The van der Waals surface area contributed by atoms with Gasteiger partial charge in [0, 0.05) is 19.6 Å². The molecule has 3 N–H and O–H groups in total. The summed E-state index contributed by atoms with van der Waals surface area (Å²) < 4.78 is 5.10. The molecule has 0 aromatic rings. The van der Waals surface area contributed by atoms with Crippen LogP contribution in [0.25, 0.3) is 0 Å². The molecule has 7 heteroatoms. The SMILES string of the molecule is Cl.Cl.NCC(C(=O)O)N1CCOCC1. The lowest BCUT2D eigenvalue weighted by Crippen LogP contribution is -2.50. The zero-order valence-corrected chi connectivity index (χ0v) is 9.35. The molecule has 1 rings (SSSR count). The summed E-state index contributed by atoms with van der Waals surface area (Å²) in [6, 6.07) is -0.547. The van der Waals surface area contributed by atoms with Crippen LogP contribution < -0.4 is 5.73 Å². The molecule has 1 fully saturated rings. The van der Waals surface area contributed by atoms with E-state index in [2.05, 4.69) is 0 Å². The van der Waals surface area contributed by atoms with Crippen molar-refractivity contribution in [2.45, 2.75) is 6.04 Å². The molecule has 14 heavy (non-hydrogen) atoms. The molecule has 1 saturated heterocycles. The highest BCUT2D eigenvalue weighted by molar-refractivity contribution is 5.85. The van der Waals surface area contributed by atoms with Crippen LogP contribution in [0, 0.1) is 0 Å². The quantitative estimate of drug-likeness (QED) is 0.708. The van der Waals surface area contributed by atoms with Crippen molar-refractivity contribution in [2.24, 2.45) is 5.73 Å². The van der Waals surface area contributed by atoms with Gasteiger partial charge in [-0.15, -0.1) is 24.8 Å². The summed E-state index contributed by atoms with van der Waals surface area (Å²) in [5.41, 5.74) is 5.34. The fourth-order valence-electron chi connectivity index (χ4n) is 1.30. The van der Waals surface area contributed by atoms with Crippen molar-refractivity contribution < 1.29 is 14.6 Å². The van der Waals surface area contributed by atoms with Crippen molar-refractivity contribution in [2.75, 3.05) is 32.8 Å². The van der Waals surface area contributed by atoms with Gasteiger partial charge in [0.2, 0.25) is 0 Å². The van der Waals surface area contributed by atoms with E-state index in [0.29, 0.717) is 26.3 Å². The van der Waals surface area contributed by atoms with Gasteiger partial charge in [0.05, 0.1) is 13.2 Å². The van der Waals surface area contributed by atoms with Gasteiger partial charge in [-0.1, -0.05) is 0 Å². The Morgan fingerprint density at radius 2 is 1.93 bits per heavy atom. The topological polar surface area (TPSA) is 75.8 Å². The molecule has 0 amide bonds.